The average Bonchev–Trinajstić information content (AvgIpc) is 2.55. The molecule has 0 aliphatic rings. The second-order valence-electron chi connectivity index (χ2n) is 5.44. The van der Waals surface area contributed by atoms with Gasteiger partial charge in [-0.25, -0.2) is 23.7 Å². The number of rotatable bonds is 3. The van der Waals surface area contributed by atoms with Crippen LogP contribution in [0, 0.1) is 13.8 Å². The molecule has 3 rings (SSSR count). The van der Waals surface area contributed by atoms with Gasteiger partial charge in [0.2, 0.25) is 0 Å². The molecule has 0 unspecified atom stereocenters. The van der Waals surface area contributed by atoms with Gasteiger partial charge in [-0.2, -0.15) is 0 Å². The van der Waals surface area contributed by atoms with E-state index < -0.39 is 6.43 Å². The second kappa shape index (κ2) is 5.99. The molecule has 0 atom stereocenters. The van der Waals surface area contributed by atoms with Crippen LogP contribution in [0.2, 0.25) is 0 Å². The smallest absolute Gasteiger partial charge is 0.280 e. The number of ether oxygens (including phenoxy) is 1. The Morgan fingerprint density at radius 2 is 1.92 bits per heavy atom. The molecule has 1 aromatic carbocycles. The summed E-state index contributed by atoms with van der Waals surface area (Å²) < 4.78 is 31.9. The number of hydrogen-bond acceptors (Lipinski definition) is 5. The molecule has 2 heterocycles. The molecule has 2 N–H and O–H groups in total. The molecule has 24 heavy (non-hydrogen) atoms. The normalized spacial score (nSPS) is 11.2. The highest BCUT2D eigenvalue weighted by molar-refractivity contribution is 5.98. The lowest BCUT2D eigenvalue weighted by atomic mass is 9.97. The number of nitrogens with two attached hydrogens (primary N) is 1. The molecular weight excluding hydrogens is 314 g/mol. The first kappa shape index (κ1) is 16.0. The molecule has 5 nitrogen and oxygen atoms in total. The third-order valence-corrected chi connectivity index (χ3v) is 3.98. The van der Waals surface area contributed by atoms with Crippen molar-refractivity contribution in [1.29, 1.82) is 0 Å². The van der Waals surface area contributed by atoms with Gasteiger partial charge in [0.1, 0.15) is 29.1 Å². The molecule has 0 aliphatic carbocycles. The standard InChI is InChI=1S/C17H16F2N4O/c1-8-4-5-12(24-3)9(2)13(8)15-14-10(17(20)22-7-21-14)6-11(23-15)16(18)19/h4-7,16H,1-3H3,(H2,20,21,22). The summed E-state index contributed by atoms with van der Waals surface area (Å²) in [4.78, 5) is 12.3. The lowest BCUT2D eigenvalue weighted by molar-refractivity contribution is 0.146. The average molecular weight is 330 g/mol. The topological polar surface area (TPSA) is 73.9 Å². The van der Waals surface area contributed by atoms with E-state index in [1.165, 1.54) is 12.4 Å². The van der Waals surface area contributed by atoms with Crippen LogP contribution in [-0.2, 0) is 0 Å². The number of fused-ring (bicyclic) bond motifs is 1. The number of alkyl halides is 2. The number of anilines is 1. The van der Waals surface area contributed by atoms with Crippen molar-refractivity contribution in [3.8, 4) is 17.0 Å². The van der Waals surface area contributed by atoms with Crippen LogP contribution in [0.3, 0.4) is 0 Å². The molecule has 0 bridgehead atoms. The number of nitrogens with zero attached hydrogens (tertiary/aromatic N) is 3. The van der Waals surface area contributed by atoms with Crippen LogP contribution in [0.15, 0.2) is 24.5 Å². The SMILES string of the molecule is COc1ccc(C)c(-c2nc(C(F)F)cc3c(N)ncnc23)c1C. The van der Waals surface area contributed by atoms with Gasteiger partial charge in [-0.3, -0.25) is 0 Å². The number of aryl methyl sites for hydroxylation is 1. The number of nitrogen functional groups attached to an aromatic ring is 1. The van der Waals surface area contributed by atoms with E-state index in [0.717, 1.165) is 11.1 Å². The van der Waals surface area contributed by atoms with Gasteiger partial charge >= 0.3 is 0 Å². The Hall–Kier alpha value is -2.83. The van der Waals surface area contributed by atoms with E-state index in [1.807, 2.05) is 26.0 Å². The van der Waals surface area contributed by atoms with Crippen molar-refractivity contribution in [3.05, 3.63) is 41.3 Å². The van der Waals surface area contributed by atoms with Crippen LogP contribution in [0.4, 0.5) is 14.6 Å². The highest BCUT2D eigenvalue weighted by Gasteiger charge is 2.20. The zero-order chi connectivity index (χ0) is 17.4. The molecule has 0 fully saturated rings. The van der Waals surface area contributed by atoms with Crippen LogP contribution in [0.1, 0.15) is 23.2 Å². The van der Waals surface area contributed by atoms with Crippen molar-refractivity contribution in [3.63, 3.8) is 0 Å². The van der Waals surface area contributed by atoms with Gasteiger partial charge in [-0.15, -0.1) is 0 Å². The minimum atomic E-state index is -2.72. The summed E-state index contributed by atoms with van der Waals surface area (Å²) in [5, 5.41) is 0.361. The minimum absolute atomic E-state index is 0.142. The molecule has 0 radical (unpaired) electrons. The molecule has 124 valence electrons. The summed E-state index contributed by atoms with van der Waals surface area (Å²) in [6.45, 7) is 3.74. The van der Waals surface area contributed by atoms with E-state index in [4.69, 9.17) is 10.5 Å². The Morgan fingerprint density at radius 1 is 1.17 bits per heavy atom. The highest BCUT2D eigenvalue weighted by Crippen LogP contribution is 2.37. The van der Waals surface area contributed by atoms with Gasteiger partial charge in [0, 0.05) is 16.5 Å². The largest absolute Gasteiger partial charge is 0.496 e. The van der Waals surface area contributed by atoms with E-state index >= 15 is 0 Å². The van der Waals surface area contributed by atoms with Gasteiger partial charge in [0.05, 0.1) is 12.8 Å². The number of pyridine rings is 1. The lowest BCUT2D eigenvalue weighted by Crippen LogP contribution is -2.02. The molecular formula is C17H16F2N4O. The first-order valence-corrected chi connectivity index (χ1v) is 7.28. The van der Waals surface area contributed by atoms with Crippen LogP contribution in [0.25, 0.3) is 22.2 Å². The van der Waals surface area contributed by atoms with E-state index in [1.54, 1.807) is 7.11 Å². The molecule has 3 aromatic rings. The zero-order valence-electron chi connectivity index (χ0n) is 13.5. The van der Waals surface area contributed by atoms with Crippen LogP contribution >= 0.6 is 0 Å². The lowest BCUT2D eigenvalue weighted by Gasteiger charge is -2.16. The fraction of sp³-hybridized carbons (Fsp3) is 0.235. The molecule has 0 amide bonds. The summed E-state index contributed by atoms with van der Waals surface area (Å²) in [6.07, 6.45) is -1.42. The van der Waals surface area contributed by atoms with Crippen LogP contribution in [-0.4, -0.2) is 22.1 Å². The van der Waals surface area contributed by atoms with Crippen molar-refractivity contribution in [1.82, 2.24) is 15.0 Å². The van der Waals surface area contributed by atoms with E-state index in [9.17, 15) is 8.78 Å². The maximum absolute atomic E-state index is 13.3. The Labute approximate surface area is 137 Å². The van der Waals surface area contributed by atoms with Gasteiger partial charge < -0.3 is 10.5 Å². The number of benzene rings is 1. The molecule has 0 aliphatic heterocycles. The second-order valence-corrected chi connectivity index (χ2v) is 5.44. The van der Waals surface area contributed by atoms with Crippen molar-refractivity contribution < 1.29 is 13.5 Å². The maximum Gasteiger partial charge on any atom is 0.280 e. The van der Waals surface area contributed by atoms with Gasteiger partial charge in [0.25, 0.3) is 6.43 Å². The van der Waals surface area contributed by atoms with Gasteiger partial charge in [-0.1, -0.05) is 6.07 Å². The summed E-state index contributed by atoms with van der Waals surface area (Å²) in [7, 11) is 1.56. The Balaban J connectivity index is 2.44. The summed E-state index contributed by atoms with van der Waals surface area (Å²) >= 11 is 0. The first-order valence-electron chi connectivity index (χ1n) is 7.28. The third kappa shape index (κ3) is 2.51. The molecule has 0 saturated carbocycles. The minimum Gasteiger partial charge on any atom is -0.496 e. The van der Waals surface area contributed by atoms with Crippen molar-refractivity contribution >= 4 is 16.7 Å². The zero-order valence-corrected chi connectivity index (χ0v) is 13.5. The van der Waals surface area contributed by atoms with Gasteiger partial charge in [-0.05, 0) is 31.5 Å². The summed E-state index contributed by atoms with van der Waals surface area (Å²) in [5.74, 6) is 0.791. The first-order chi connectivity index (χ1) is 11.4. The number of hydrogen-bond donors (Lipinski definition) is 1. The Kier molecular flexibility index (Phi) is 4.01. The molecule has 0 saturated heterocycles. The van der Waals surface area contributed by atoms with Crippen molar-refractivity contribution in [2.24, 2.45) is 0 Å². The van der Waals surface area contributed by atoms with Gasteiger partial charge in [0.15, 0.2) is 0 Å². The number of aromatic nitrogens is 3. The van der Waals surface area contributed by atoms with Crippen molar-refractivity contribution in [2.75, 3.05) is 12.8 Å². The fourth-order valence-electron chi connectivity index (χ4n) is 2.80. The maximum atomic E-state index is 13.3. The van der Waals surface area contributed by atoms with Crippen LogP contribution < -0.4 is 10.5 Å². The summed E-state index contributed by atoms with van der Waals surface area (Å²) in [6, 6.07) is 4.93. The number of halogens is 2. The molecule has 2 aromatic heterocycles. The third-order valence-electron chi connectivity index (χ3n) is 3.98. The molecule has 7 heteroatoms. The van der Waals surface area contributed by atoms with E-state index in [-0.39, 0.29) is 11.5 Å². The quantitative estimate of drug-likeness (QED) is 0.790. The highest BCUT2D eigenvalue weighted by atomic mass is 19.3. The molecule has 0 spiro atoms. The van der Waals surface area contributed by atoms with E-state index in [2.05, 4.69) is 15.0 Å². The van der Waals surface area contributed by atoms with E-state index in [0.29, 0.717) is 27.9 Å². The fourth-order valence-corrected chi connectivity index (χ4v) is 2.80. The predicted molar refractivity (Wildman–Crippen MR) is 88.2 cm³/mol. The van der Waals surface area contributed by atoms with Crippen molar-refractivity contribution in [2.45, 2.75) is 20.3 Å². The summed E-state index contributed by atoms with van der Waals surface area (Å²) in [5.41, 5.74) is 8.67. The predicted octanol–water partition coefficient (Wildman–Crippen LogP) is 3.84. The number of methoxy groups -OCH3 is 1. The Morgan fingerprint density at radius 3 is 2.58 bits per heavy atom. The van der Waals surface area contributed by atoms with Crippen LogP contribution in [0.5, 0.6) is 5.75 Å². The monoisotopic (exact) mass is 330 g/mol. The Bertz CT molecular complexity index is 928.